The van der Waals surface area contributed by atoms with Gasteiger partial charge in [0.1, 0.15) is 11.6 Å². The van der Waals surface area contributed by atoms with Crippen molar-refractivity contribution in [3.63, 3.8) is 0 Å². The number of aliphatic hydroxyl groups is 1. The van der Waals surface area contributed by atoms with Crippen LogP contribution in [-0.4, -0.2) is 40.3 Å². The zero-order valence-corrected chi connectivity index (χ0v) is 12.0. The summed E-state index contributed by atoms with van der Waals surface area (Å²) in [6.45, 7) is 4.83. The molecule has 5 nitrogen and oxygen atoms in total. The SMILES string of the molecule is CCCNc1cc(N2CCC(C)(O)C2)nc(C(F)(F)F)n1. The van der Waals surface area contributed by atoms with Gasteiger partial charge in [-0.2, -0.15) is 13.2 Å². The van der Waals surface area contributed by atoms with Crippen molar-refractivity contribution in [1.82, 2.24) is 9.97 Å². The highest BCUT2D eigenvalue weighted by atomic mass is 19.4. The molecule has 2 N–H and O–H groups in total. The fourth-order valence-electron chi connectivity index (χ4n) is 2.21. The summed E-state index contributed by atoms with van der Waals surface area (Å²) in [6.07, 6.45) is -3.32. The molecule has 2 heterocycles. The highest BCUT2D eigenvalue weighted by molar-refractivity contribution is 5.50. The summed E-state index contributed by atoms with van der Waals surface area (Å²) in [7, 11) is 0. The van der Waals surface area contributed by atoms with E-state index in [0.29, 0.717) is 19.5 Å². The molecule has 1 unspecified atom stereocenters. The Bertz CT molecular complexity index is 505. The Morgan fingerprint density at radius 1 is 1.43 bits per heavy atom. The quantitative estimate of drug-likeness (QED) is 0.893. The van der Waals surface area contributed by atoms with Crippen LogP contribution in [0, 0.1) is 0 Å². The molecule has 0 aliphatic carbocycles. The first kappa shape index (κ1) is 15.8. The fourth-order valence-corrected chi connectivity index (χ4v) is 2.21. The van der Waals surface area contributed by atoms with Gasteiger partial charge < -0.3 is 15.3 Å². The van der Waals surface area contributed by atoms with Crippen molar-refractivity contribution in [1.29, 1.82) is 0 Å². The van der Waals surface area contributed by atoms with Crippen LogP contribution in [0.4, 0.5) is 24.8 Å². The van der Waals surface area contributed by atoms with Crippen LogP contribution < -0.4 is 10.2 Å². The zero-order valence-electron chi connectivity index (χ0n) is 12.0. The van der Waals surface area contributed by atoms with Gasteiger partial charge in [0.25, 0.3) is 0 Å². The number of β-amino-alcohol motifs (C(OH)–C–C–N with tert-alkyl or cyclic N) is 1. The molecule has 0 amide bonds. The van der Waals surface area contributed by atoms with E-state index in [-0.39, 0.29) is 18.2 Å². The van der Waals surface area contributed by atoms with Crippen molar-refractivity contribution in [3.8, 4) is 0 Å². The van der Waals surface area contributed by atoms with E-state index in [1.807, 2.05) is 6.92 Å². The Morgan fingerprint density at radius 3 is 2.67 bits per heavy atom. The van der Waals surface area contributed by atoms with E-state index in [9.17, 15) is 18.3 Å². The molecule has 0 spiro atoms. The molecule has 1 aromatic rings. The van der Waals surface area contributed by atoms with Crippen LogP contribution in [0.3, 0.4) is 0 Å². The van der Waals surface area contributed by atoms with Gasteiger partial charge in [-0.05, 0) is 19.8 Å². The summed E-state index contributed by atoms with van der Waals surface area (Å²) in [6, 6.07) is 1.49. The van der Waals surface area contributed by atoms with E-state index in [2.05, 4.69) is 15.3 Å². The second-order valence-corrected chi connectivity index (χ2v) is 5.53. The van der Waals surface area contributed by atoms with Crippen LogP contribution in [0.25, 0.3) is 0 Å². The first-order chi connectivity index (χ1) is 9.71. The normalized spacial score (nSPS) is 22.7. The summed E-state index contributed by atoms with van der Waals surface area (Å²) in [4.78, 5) is 8.76. The minimum absolute atomic E-state index is 0.153. The molecule has 1 saturated heterocycles. The smallest absolute Gasteiger partial charge is 0.388 e. The predicted octanol–water partition coefficient (Wildman–Crippen LogP) is 2.28. The first-order valence-electron chi connectivity index (χ1n) is 6.89. The topological polar surface area (TPSA) is 61.3 Å². The summed E-state index contributed by atoms with van der Waals surface area (Å²) in [5.74, 6) is -0.820. The Labute approximate surface area is 121 Å². The lowest BCUT2D eigenvalue weighted by atomic mass is 10.1. The van der Waals surface area contributed by atoms with Gasteiger partial charge >= 0.3 is 6.18 Å². The Kier molecular flexibility index (Phi) is 4.27. The highest BCUT2D eigenvalue weighted by Gasteiger charge is 2.37. The zero-order chi connectivity index (χ0) is 15.7. The lowest BCUT2D eigenvalue weighted by Gasteiger charge is -2.21. The molecule has 1 aliphatic rings. The average molecular weight is 304 g/mol. The van der Waals surface area contributed by atoms with Crippen molar-refractivity contribution in [2.24, 2.45) is 0 Å². The number of rotatable bonds is 4. The number of nitrogens with zero attached hydrogens (tertiary/aromatic N) is 3. The van der Waals surface area contributed by atoms with E-state index in [1.54, 1.807) is 11.8 Å². The van der Waals surface area contributed by atoms with Gasteiger partial charge in [-0.3, -0.25) is 0 Å². The van der Waals surface area contributed by atoms with Crippen molar-refractivity contribution in [3.05, 3.63) is 11.9 Å². The third-order valence-corrected chi connectivity index (χ3v) is 3.30. The summed E-state index contributed by atoms with van der Waals surface area (Å²) in [5, 5.41) is 12.8. The van der Waals surface area contributed by atoms with Gasteiger partial charge in [0, 0.05) is 25.7 Å². The second-order valence-electron chi connectivity index (χ2n) is 5.53. The van der Waals surface area contributed by atoms with Crippen molar-refractivity contribution >= 4 is 11.6 Å². The summed E-state index contributed by atoms with van der Waals surface area (Å²) < 4.78 is 38.7. The predicted molar refractivity (Wildman–Crippen MR) is 73.3 cm³/mol. The molecule has 8 heteroatoms. The molecule has 0 saturated carbocycles. The average Bonchev–Trinajstić information content (AvgIpc) is 2.75. The Morgan fingerprint density at radius 2 is 2.14 bits per heavy atom. The summed E-state index contributed by atoms with van der Waals surface area (Å²) >= 11 is 0. The molecule has 21 heavy (non-hydrogen) atoms. The molecule has 0 aromatic carbocycles. The van der Waals surface area contributed by atoms with Crippen LogP contribution >= 0.6 is 0 Å². The number of nitrogens with one attached hydrogen (secondary N) is 1. The maximum absolute atomic E-state index is 12.9. The van der Waals surface area contributed by atoms with E-state index >= 15 is 0 Å². The third-order valence-electron chi connectivity index (χ3n) is 3.30. The molecule has 1 fully saturated rings. The van der Waals surface area contributed by atoms with Gasteiger partial charge in [-0.25, -0.2) is 9.97 Å². The number of alkyl halides is 3. The van der Waals surface area contributed by atoms with Crippen molar-refractivity contribution in [2.75, 3.05) is 29.9 Å². The molecule has 1 atom stereocenters. The van der Waals surface area contributed by atoms with Crippen LogP contribution in [-0.2, 0) is 6.18 Å². The molecule has 0 radical (unpaired) electrons. The van der Waals surface area contributed by atoms with Gasteiger partial charge in [-0.15, -0.1) is 0 Å². The largest absolute Gasteiger partial charge is 0.451 e. The van der Waals surface area contributed by atoms with Gasteiger partial charge in [0.2, 0.25) is 5.82 Å². The van der Waals surface area contributed by atoms with Crippen LogP contribution in [0.1, 0.15) is 32.5 Å². The number of halogens is 3. The second kappa shape index (κ2) is 5.67. The van der Waals surface area contributed by atoms with Gasteiger partial charge in [0.05, 0.1) is 5.60 Å². The number of anilines is 2. The van der Waals surface area contributed by atoms with Crippen LogP contribution in [0.15, 0.2) is 6.07 Å². The van der Waals surface area contributed by atoms with E-state index in [4.69, 9.17) is 0 Å². The minimum Gasteiger partial charge on any atom is -0.388 e. The third kappa shape index (κ3) is 3.96. The van der Waals surface area contributed by atoms with E-state index in [0.717, 1.165) is 6.42 Å². The highest BCUT2D eigenvalue weighted by Crippen LogP contribution is 2.31. The molecule has 2 rings (SSSR count). The van der Waals surface area contributed by atoms with Crippen molar-refractivity contribution in [2.45, 2.75) is 38.5 Å². The monoisotopic (exact) mass is 304 g/mol. The Hall–Kier alpha value is -1.57. The van der Waals surface area contributed by atoms with E-state index in [1.165, 1.54) is 6.07 Å². The number of hydrogen-bond acceptors (Lipinski definition) is 5. The maximum Gasteiger partial charge on any atom is 0.451 e. The standard InChI is InChI=1S/C13H19F3N4O/c1-3-5-17-9-7-10(19-11(18-9)13(14,15)16)20-6-4-12(2,21)8-20/h7,21H,3-6,8H2,1-2H3,(H,17,18,19). The number of hydrogen-bond donors (Lipinski definition) is 2. The molecule has 0 bridgehead atoms. The van der Waals surface area contributed by atoms with E-state index < -0.39 is 17.6 Å². The molecule has 118 valence electrons. The Balaban J connectivity index is 2.31. The lowest BCUT2D eigenvalue weighted by Crippen LogP contribution is -2.30. The van der Waals surface area contributed by atoms with Gasteiger partial charge in [0.15, 0.2) is 0 Å². The maximum atomic E-state index is 12.9. The molecular weight excluding hydrogens is 285 g/mol. The van der Waals surface area contributed by atoms with Gasteiger partial charge in [-0.1, -0.05) is 6.92 Å². The molecule has 1 aliphatic heterocycles. The first-order valence-corrected chi connectivity index (χ1v) is 6.89. The number of aromatic nitrogens is 2. The molecular formula is C13H19F3N4O. The van der Waals surface area contributed by atoms with Crippen LogP contribution in [0.2, 0.25) is 0 Å². The van der Waals surface area contributed by atoms with Crippen LogP contribution in [0.5, 0.6) is 0 Å². The lowest BCUT2D eigenvalue weighted by molar-refractivity contribution is -0.144. The fraction of sp³-hybridized carbons (Fsp3) is 0.692. The minimum atomic E-state index is -4.60. The van der Waals surface area contributed by atoms with Crippen molar-refractivity contribution < 1.29 is 18.3 Å². The molecule has 1 aromatic heterocycles. The summed E-state index contributed by atoms with van der Waals surface area (Å²) in [5.41, 5.74) is -0.902.